The average Bonchev–Trinajstić information content (AvgIpc) is 2.80. The van der Waals surface area contributed by atoms with Crippen molar-refractivity contribution in [1.82, 2.24) is 9.88 Å². The van der Waals surface area contributed by atoms with E-state index < -0.39 is 0 Å². The Balaban J connectivity index is 2.12. The number of aromatic nitrogens is 1. The number of thiazole rings is 1. The van der Waals surface area contributed by atoms with Crippen molar-refractivity contribution in [3.8, 4) is 0 Å². The molecule has 1 aromatic heterocycles. The fourth-order valence-corrected chi connectivity index (χ4v) is 3.53. The van der Waals surface area contributed by atoms with E-state index in [0.717, 1.165) is 24.8 Å². The van der Waals surface area contributed by atoms with Crippen molar-refractivity contribution < 1.29 is 4.79 Å². The Morgan fingerprint density at radius 3 is 2.65 bits per heavy atom. The number of piperidine rings is 1. The SMILES string of the molecule is CC(C)CN(C)C(=O)c1sc(N2CCCCC2)nc1N. The Hall–Kier alpha value is -1.30. The van der Waals surface area contributed by atoms with E-state index in [4.69, 9.17) is 5.73 Å². The number of carbonyl (C=O) groups excluding carboxylic acids is 1. The van der Waals surface area contributed by atoms with Gasteiger partial charge in [-0.05, 0) is 25.2 Å². The molecule has 0 aromatic carbocycles. The predicted octanol–water partition coefficient (Wildman–Crippen LogP) is 2.44. The Labute approximate surface area is 124 Å². The lowest BCUT2D eigenvalue weighted by Gasteiger charge is -2.25. The highest BCUT2D eigenvalue weighted by atomic mass is 32.1. The van der Waals surface area contributed by atoms with E-state index in [2.05, 4.69) is 23.7 Å². The van der Waals surface area contributed by atoms with Crippen molar-refractivity contribution in [1.29, 1.82) is 0 Å². The third-order valence-electron chi connectivity index (χ3n) is 3.45. The molecule has 0 spiro atoms. The number of amides is 1. The lowest BCUT2D eigenvalue weighted by molar-refractivity contribution is 0.0784. The van der Waals surface area contributed by atoms with Crippen LogP contribution in [0.3, 0.4) is 0 Å². The summed E-state index contributed by atoms with van der Waals surface area (Å²) in [5.74, 6) is 0.799. The zero-order valence-electron chi connectivity index (χ0n) is 12.6. The van der Waals surface area contributed by atoms with E-state index in [-0.39, 0.29) is 5.91 Å². The average molecular weight is 296 g/mol. The first-order valence-corrected chi connectivity index (χ1v) is 8.07. The molecule has 112 valence electrons. The van der Waals surface area contributed by atoms with E-state index in [1.807, 2.05) is 7.05 Å². The van der Waals surface area contributed by atoms with Gasteiger partial charge in [0.1, 0.15) is 10.7 Å². The molecule has 2 N–H and O–H groups in total. The molecule has 1 saturated heterocycles. The van der Waals surface area contributed by atoms with Crippen molar-refractivity contribution in [2.75, 3.05) is 37.3 Å². The molecule has 5 nitrogen and oxygen atoms in total. The van der Waals surface area contributed by atoms with Gasteiger partial charge in [0, 0.05) is 26.7 Å². The summed E-state index contributed by atoms with van der Waals surface area (Å²) < 4.78 is 0. The standard InChI is InChI=1S/C14H24N4OS/c1-10(2)9-17(3)13(19)11-12(15)16-14(20-11)18-7-5-4-6-8-18/h10H,4-9,15H2,1-3H3. The summed E-state index contributed by atoms with van der Waals surface area (Å²) in [4.78, 5) is 21.3. The first-order valence-electron chi connectivity index (χ1n) is 7.25. The summed E-state index contributed by atoms with van der Waals surface area (Å²) in [6.07, 6.45) is 3.66. The summed E-state index contributed by atoms with van der Waals surface area (Å²) in [5, 5.41) is 0.892. The van der Waals surface area contributed by atoms with Crippen LogP contribution >= 0.6 is 11.3 Å². The number of nitrogens with two attached hydrogens (primary N) is 1. The van der Waals surface area contributed by atoms with Crippen LogP contribution in [0.1, 0.15) is 42.8 Å². The molecule has 1 aliphatic heterocycles. The van der Waals surface area contributed by atoms with Gasteiger partial charge in [-0.25, -0.2) is 4.98 Å². The third kappa shape index (κ3) is 3.42. The second kappa shape index (κ2) is 6.43. The van der Waals surface area contributed by atoms with Crippen molar-refractivity contribution in [2.24, 2.45) is 5.92 Å². The molecule has 1 aliphatic rings. The van der Waals surface area contributed by atoms with Crippen molar-refractivity contribution in [3.63, 3.8) is 0 Å². The first-order chi connectivity index (χ1) is 9.49. The molecule has 1 amide bonds. The molecule has 0 unspecified atom stereocenters. The van der Waals surface area contributed by atoms with E-state index in [9.17, 15) is 4.79 Å². The van der Waals surface area contributed by atoms with Crippen LogP contribution < -0.4 is 10.6 Å². The molecule has 0 bridgehead atoms. The van der Waals surface area contributed by atoms with Crippen LogP contribution in [0.5, 0.6) is 0 Å². The Kier molecular flexibility index (Phi) is 4.86. The van der Waals surface area contributed by atoms with Crippen LogP contribution in [-0.2, 0) is 0 Å². The smallest absolute Gasteiger partial charge is 0.267 e. The maximum absolute atomic E-state index is 12.4. The molecule has 0 saturated carbocycles. The normalized spacial score (nSPS) is 15.7. The van der Waals surface area contributed by atoms with Crippen molar-refractivity contribution in [3.05, 3.63) is 4.88 Å². The zero-order valence-corrected chi connectivity index (χ0v) is 13.4. The molecule has 0 atom stereocenters. The lowest BCUT2D eigenvalue weighted by atomic mass is 10.1. The van der Waals surface area contributed by atoms with Crippen molar-refractivity contribution >= 4 is 28.2 Å². The van der Waals surface area contributed by atoms with Gasteiger partial charge in [-0.15, -0.1) is 0 Å². The molecule has 0 radical (unpaired) electrons. The van der Waals surface area contributed by atoms with E-state index >= 15 is 0 Å². The fourth-order valence-electron chi connectivity index (χ4n) is 2.50. The molecular weight excluding hydrogens is 272 g/mol. The summed E-state index contributed by atoms with van der Waals surface area (Å²) in [5.41, 5.74) is 5.94. The number of nitrogen functional groups attached to an aromatic ring is 1. The molecular formula is C14H24N4OS. The van der Waals surface area contributed by atoms with Crippen LogP contribution in [0.2, 0.25) is 0 Å². The molecule has 20 heavy (non-hydrogen) atoms. The molecule has 2 rings (SSSR count). The number of nitrogens with zero attached hydrogens (tertiary/aromatic N) is 3. The Bertz CT molecular complexity index is 466. The molecule has 6 heteroatoms. The van der Waals surface area contributed by atoms with Crippen LogP contribution in [-0.4, -0.2) is 42.5 Å². The van der Waals surface area contributed by atoms with Gasteiger partial charge in [0.25, 0.3) is 5.91 Å². The quantitative estimate of drug-likeness (QED) is 0.927. The number of hydrogen-bond acceptors (Lipinski definition) is 5. The van der Waals surface area contributed by atoms with Gasteiger partial charge in [0.2, 0.25) is 0 Å². The van der Waals surface area contributed by atoms with Crippen molar-refractivity contribution in [2.45, 2.75) is 33.1 Å². The number of rotatable bonds is 4. The van der Waals surface area contributed by atoms with Gasteiger partial charge in [-0.2, -0.15) is 0 Å². The maximum atomic E-state index is 12.4. The highest BCUT2D eigenvalue weighted by molar-refractivity contribution is 7.18. The lowest BCUT2D eigenvalue weighted by Crippen LogP contribution is -2.30. The van der Waals surface area contributed by atoms with Gasteiger partial charge in [0.15, 0.2) is 5.13 Å². The topological polar surface area (TPSA) is 62.5 Å². The largest absolute Gasteiger partial charge is 0.382 e. The first kappa shape index (κ1) is 15.1. The maximum Gasteiger partial charge on any atom is 0.267 e. The fraction of sp³-hybridized carbons (Fsp3) is 0.714. The summed E-state index contributed by atoms with van der Waals surface area (Å²) >= 11 is 1.43. The van der Waals surface area contributed by atoms with Crippen LogP contribution in [0.25, 0.3) is 0 Å². The van der Waals surface area contributed by atoms with E-state index in [1.165, 1.54) is 30.6 Å². The van der Waals surface area contributed by atoms with E-state index in [0.29, 0.717) is 16.6 Å². The van der Waals surface area contributed by atoms with Gasteiger partial charge < -0.3 is 15.5 Å². The van der Waals surface area contributed by atoms with Crippen LogP contribution in [0.4, 0.5) is 10.9 Å². The van der Waals surface area contributed by atoms with Gasteiger partial charge >= 0.3 is 0 Å². The molecule has 2 heterocycles. The predicted molar refractivity (Wildman–Crippen MR) is 84.4 cm³/mol. The minimum Gasteiger partial charge on any atom is -0.382 e. The minimum absolute atomic E-state index is 0.0167. The van der Waals surface area contributed by atoms with E-state index in [1.54, 1.807) is 4.90 Å². The van der Waals surface area contributed by atoms with Crippen LogP contribution in [0, 0.1) is 5.92 Å². The summed E-state index contributed by atoms with van der Waals surface area (Å²) in [6.45, 7) is 6.96. The highest BCUT2D eigenvalue weighted by Gasteiger charge is 2.23. The van der Waals surface area contributed by atoms with Gasteiger partial charge in [-0.3, -0.25) is 4.79 Å². The number of anilines is 2. The third-order valence-corrected chi connectivity index (χ3v) is 4.57. The summed E-state index contributed by atoms with van der Waals surface area (Å²) in [6, 6.07) is 0. The Morgan fingerprint density at radius 1 is 1.40 bits per heavy atom. The number of carbonyl (C=O) groups is 1. The second-order valence-corrected chi connectivity index (χ2v) is 6.82. The van der Waals surface area contributed by atoms with Gasteiger partial charge in [0.05, 0.1) is 0 Å². The molecule has 1 aromatic rings. The zero-order chi connectivity index (χ0) is 14.7. The highest BCUT2D eigenvalue weighted by Crippen LogP contribution is 2.30. The second-order valence-electron chi connectivity index (χ2n) is 5.84. The molecule has 0 aliphatic carbocycles. The Morgan fingerprint density at radius 2 is 2.05 bits per heavy atom. The monoisotopic (exact) mass is 296 g/mol. The van der Waals surface area contributed by atoms with Crippen LogP contribution in [0.15, 0.2) is 0 Å². The summed E-state index contributed by atoms with van der Waals surface area (Å²) in [7, 11) is 1.82. The number of hydrogen-bond donors (Lipinski definition) is 1. The minimum atomic E-state index is -0.0167. The van der Waals surface area contributed by atoms with Gasteiger partial charge in [-0.1, -0.05) is 25.2 Å². The molecule has 1 fully saturated rings.